The van der Waals surface area contributed by atoms with Crippen LogP contribution in [-0.2, 0) is 14.3 Å². The Morgan fingerprint density at radius 1 is 0.970 bits per heavy atom. The molecule has 1 unspecified atom stereocenters. The van der Waals surface area contributed by atoms with Crippen LogP contribution in [0.15, 0.2) is 48.5 Å². The summed E-state index contributed by atoms with van der Waals surface area (Å²) in [7, 11) is 0. The Labute approximate surface area is 194 Å². The summed E-state index contributed by atoms with van der Waals surface area (Å²) >= 11 is 0. The van der Waals surface area contributed by atoms with Crippen molar-refractivity contribution in [1.29, 1.82) is 0 Å². The van der Waals surface area contributed by atoms with Gasteiger partial charge in [-0.2, -0.15) is 0 Å². The lowest BCUT2D eigenvalue weighted by Crippen LogP contribution is -2.40. The van der Waals surface area contributed by atoms with E-state index in [0.29, 0.717) is 6.42 Å². The van der Waals surface area contributed by atoms with Crippen molar-refractivity contribution in [3.63, 3.8) is 0 Å². The maximum Gasteiger partial charge on any atom is 0.407 e. The first-order valence-corrected chi connectivity index (χ1v) is 11.4. The molecule has 2 amide bonds. The Kier molecular flexibility index (Phi) is 8.09. The van der Waals surface area contributed by atoms with E-state index >= 15 is 0 Å². The topological polar surface area (TPSA) is 105 Å². The number of rotatable bonds is 10. The molecule has 7 nitrogen and oxygen atoms in total. The quantitative estimate of drug-likeness (QED) is 0.502. The summed E-state index contributed by atoms with van der Waals surface area (Å²) in [5.74, 6) is -1.67. The molecule has 0 fully saturated rings. The van der Waals surface area contributed by atoms with Crippen molar-refractivity contribution in [2.75, 3.05) is 13.2 Å². The fourth-order valence-corrected chi connectivity index (χ4v) is 4.32. The van der Waals surface area contributed by atoms with Crippen LogP contribution in [-0.4, -0.2) is 42.3 Å². The molecule has 3 N–H and O–H groups in total. The van der Waals surface area contributed by atoms with Gasteiger partial charge in [-0.05, 0) is 41.5 Å². The molecule has 33 heavy (non-hydrogen) atoms. The molecule has 0 saturated carbocycles. The Morgan fingerprint density at radius 2 is 1.55 bits per heavy atom. The highest BCUT2D eigenvalue weighted by Crippen LogP contribution is 2.44. The monoisotopic (exact) mass is 452 g/mol. The molecule has 7 heteroatoms. The molecule has 0 aromatic heterocycles. The molecule has 176 valence electrons. The average Bonchev–Trinajstić information content (AvgIpc) is 3.08. The van der Waals surface area contributed by atoms with E-state index in [1.54, 1.807) is 6.92 Å². The molecule has 0 bridgehead atoms. The highest BCUT2D eigenvalue weighted by atomic mass is 16.5. The number of carbonyl (C=O) groups is 3. The number of nitrogens with one attached hydrogen (secondary N) is 2. The van der Waals surface area contributed by atoms with Crippen LogP contribution < -0.4 is 10.6 Å². The molecule has 0 aliphatic heterocycles. The predicted octanol–water partition coefficient (Wildman–Crippen LogP) is 4.17. The summed E-state index contributed by atoms with van der Waals surface area (Å²) < 4.78 is 5.51. The molecule has 0 heterocycles. The van der Waals surface area contributed by atoms with Crippen molar-refractivity contribution in [3.8, 4) is 11.1 Å². The first-order chi connectivity index (χ1) is 15.8. The van der Waals surface area contributed by atoms with E-state index in [9.17, 15) is 19.5 Å². The van der Waals surface area contributed by atoms with E-state index in [4.69, 9.17) is 4.74 Å². The number of hydrogen-bond acceptors (Lipinski definition) is 4. The van der Waals surface area contributed by atoms with E-state index in [1.165, 1.54) is 0 Å². The van der Waals surface area contributed by atoms with Gasteiger partial charge in [-0.1, -0.05) is 62.4 Å². The van der Waals surface area contributed by atoms with Crippen LogP contribution in [0.25, 0.3) is 11.1 Å². The molecule has 3 rings (SSSR count). The summed E-state index contributed by atoms with van der Waals surface area (Å²) in [4.78, 5) is 35.9. The molecular formula is C26H32N2O5. The third-order valence-corrected chi connectivity index (χ3v) is 5.85. The summed E-state index contributed by atoms with van der Waals surface area (Å²) in [5.41, 5.74) is 4.58. The van der Waals surface area contributed by atoms with Gasteiger partial charge >= 0.3 is 12.1 Å². The maximum absolute atomic E-state index is 12.3. The molecule has 0 radical (unpaired) electrons. The van der Waals surface area contributed by atoms with Gasteiger partial charge in [-0.15, -0.1) is 0 Å². The lowest BCUT2D eigenvalue weighted by atomic mass is 9.97. The standard InChI is InChI=1S/C26H32N2O5/c1-16(2)12-18(25(30)31)14-27-24(29)13-17(3)28-26(32)33-15-23-21-10-6-4-8-19(21)20-9-5-7-11-22(20)23/h4-11,16-18,23H,12-15H2,1-3H3,(H,27,29)(H,28,32)(H,30,31)/t17-,18?/m0/s1. The van der Waals surface area contributed by atoms with E-state index in [2.05, 4.69) is 34.9 Å². The number of carboxylic acid groups (broad SMARTS) is 1. The summed E-state index contributed by atoms with van der Waals surface area (Å²) in [6, 6.07) is 15.8. The van der Waals surface area contributed by atoms with E-state index in [1.807, 2.05) is 38.1 Å². The zero-order valence-corrected chi connectivity index (χ0v) is 19.3. The number of carboxylic acids is 1. The molecule has 1 aliphatic rings. The van der Waals surface area contributed by atoms with Crippen molar-refractivity contribution in [2.45, 2.75) is 45.6 Å². The third kappa shape index (κ3) is 6.34. The smallest absolute Gasteiger partial charge is 0.407 e. The molecule has 2 atom stereocenters. The Morgan fingerprint density at radius 3 is 2.09 bits per heavy atom. The minimum absolute atomic E-state index is 0.0318. The first-order valence-electron chi connectivity index (χ1n) is 11.4. The Balaban J connectivity index is 1.47. The summed E-state index contributed by atoms with van der Waals surface area (Å²) in [6.07, 6.45) is -0.0538. The number of amides is 2. The Bertz CT molecular complexity index is 958. The molecule has 1 aliphatic carbocycles. The van der Waals surface area contributed by atoms with Crippen LogP contribution in [0.2, 0.25) is 0 Å². The molecule has 2 aromatic rings. The van der Waals surface area contributed by atoms with Crippen LogP contribution >= 0.6 is 0 Å². The summed E-state index contributed by atoms with van der Waals surface area (Å²) in [5, 5.41) is 14.6. The Hall–Kier alpha value is -3.35. The van der Waals surface area contributed by atoms with Crippen molar-refractivity contribution in [3.05, 3.63) is 59.7 Å². The number of benzene rings is 2. The minimum Gasteiger partial charge on any atom is -0.481 e. The highest BCUT2D eigenvalue weighted by molar-refractivity contribution is 5.80. The fourth-order valence-electron chi connectivity index (χ4n) is 4.32. The second-order valence-corrected chi connectivity index (χ2v) is 9.04. The zero-order chi connectivity index (χ0) is 24.0. The van der Waals surface area contributed by atoms with Crippen molar-refractivity contribution in [1.82, 2.24) is 10.6 Å². The number of aliphatic carboxylic acids is 1. The van der Waals surface area contributed by atoms with Crippen LogP contribution in [0.3, 0.4) is 0 Å². The number of carbonyl (C=O) groups excluding carboxylic acids is 2. The van der Waals surface area contributed by atoms with Crippen LogP contribution in [0.1, 0.15) is 50.7 Å². The van der Waals surface area contributed by atoms with Crippen molar-refractivity contribution < 1.29 is 24.2 Å². The fraction of sp³-hybridized carbons (Fsp3) is 0.423. The zero-order valence-electron chi connectivity index (χ0n) is 19.3. The minimum atomic E-state index is -0.922. The summed E-state index contributed by atoms with van der Waals surface area (Å²) in [6.45, 7) is 5.87. The maximum atomic E-state index is 12.3. The van der Waals surface area contributed by atoms with Gasteiger partial charge in [0, 0.05) is 24.9 Å². The van der Waals surface area contributed by atoms with Crippen LogP contribution in [0.4, 0.5) is 4.79 Å². The third-order valence-electron chi connectivity index (χ3n) is 5.85. The van der Waals surface area contributed by atoms with E-state index in [-0.39, 0.29) is 37.3 Å². The SMILES string of the molecule is CC(C)CC(CNC(=O)C[C@H](C)NC(=O)OCC1c2ccccc2-c2ccccc21)C(=O)O. The van der Waals surface area contributed by atoms with Gasteiger partial charge in [0.15, 0.2) is 0 Å². The predicted molar refractivity (Wildman–Crippen MR) is 126 cm³/mol. The van der Waals surface area contributed by atoms with Gasteiger partial charge in [-0.25, -0.2) is 4.79 Å². The molecule has 2 aromatic carbocycles. The number of alkyl carbamates (subject to hydrolysis) is 1. The van der Waals surface area contributed by atoms with Gasteiger partial charge in [0.2, 0.25) is 5.91 Å². The largest absolute Gasteiger partial charge is 0.481 e. The van der Waals surface area contributed by atoms with Gasteiger partial charge < -0.3 is 20.5 Å². The van der Waals surface area contributed by atoms with Crippen molar-refractivity contribution in [2.24, 2.45) is 11.8 Å². The van der Waals surface area contributed by atoms with Crippen LogP contribution in [0.5, 0.6) is 0 Å². The van der Waals surface area contributed by atoms with E-state index < -0.39 is 24.0 Å². The number of ether oxygens (including phenoxy) is 1. The van der Waals surface area contributed by atoms with Gasteiger partial charge in [-0.3, -0.25) is 9.59 Å². The number of hydrogen-bond donors (Lipinski definition) is 3. The lowest BCUT2D eigenvalue weighted by Gasteiger charge is -2.18. The average molecular weight is 453 g/mol. The number of fused-ring (bicyclic) bond motifs is 3. The second-order valence-electron chi connectivity index (χ2n) is 9.04. The molecule has 0 spiro atoms. The second kappa shape index (κ2) is 11.0. The highest BCUT2D eigenvalue weighted by Gasteiger charge is 2.29. The van der Waals surface area contributed by atoms with Gasteiger partial charge in [0.25, 0.3) is 0 Å². The van der Waals surface area contributed by atoms with Crippen LogP contribution in [0, 0.1) is 11.8 Å². The van der Waals surface area contributed by atoms with Crippen molar-refractivity contribution >= 4 is 18.0 Å². The van der Waals surface area contributed by atoms with Gasteiger partial charge in [0.1, 0.15) is 6.61 Å². The lowest BCUT2D eigenvalue weighted by molar-refractivity contribution is -0.142. The normalized spacial score (nSPS) is 14.2. The molecule has 0 saturated heterocycles. The first kappa shape index (κ1) is 24.3. The van der Waals surface area contributed by atoms with Gasteiger partial charge in [0.05, 0.1) is 5.92 Å². The van der Waals surface area contributed by atoms with E-state index in [0.717, 1.165) is 22.3 Å². The molecular weight excluding hydrogens is 420 g/mol.